The van der Waals surface area contributed by atoms with E-state index in [0.29, 0.717) is 13.1 Å². The van der Waals surface area contributed by atoms with Crippen LogP contribution in [0.4, 0.5) is 10.5 Å². The third-order valence-corrected chi connectivity index (χ3v) is 5.10. The van der Waals surface area contributed by atoms with Crippen molar-refractivity contribution in [2.45, 2.75) is 6.92 Å². The third-order valence-electron chi connectivity index (χ3n) is 5.10. The van der Waals surface area contributed by atoms with Gasteiger partial charge in [0.1, 0.15) is 0 Å². The van der Waals surface area contributed by atoms with Crippen molar-refractivity contribution in [1.82, 2.24) is 30.0 Å². The Kier molecular flexibility index (Phi) is 3.97. The number of benzene rings is 1. The van der Waals surface area contributed by atoms with E-state index in [9.17, 15) is 4.79 Å². The lowest BCUT2D eigenvalue weighted by atomic mass is 10.0. The summed E-state index contributed by atoms with van der Waals surface area (Å²) >= 11 is 0. The van der Waals surface area contributed by atoms with Gasteiger partial charge in [0.15, 0.2) is 0 Å². The first-order chi connectivity index (χ1) is 14.1. The molecule has 1 fully saturated rings. The highest BCUT2D eigenvalue weighted by Crippen LogP contribution is 2.33. The van der Waals surface area contributed by atoms with Crippen molar-refractivity contribution < 1.29 is 4.79 Å². The van der Waals surface area contributed by atoms with E-state index in [1.807, 2.05) is 44.3 Å². The lowest BCUT2D eigenvalue weighted by Gasteiger charge is -2.16. The fraction of sp³-hybridized carbons (Fsp3) is 0.190. The molecule has 5 rings (SSSR count). The predicted molar refractivity (Wildman–Crippen MR) is 110 cm³/mol. The highest BCUT2D eigenvalue weighted by Gasteiger charge is 2.22. The fourth-order valence-electron chi connectivity index (χ4n) is 3.60. The zero-order chi connectivity index (χ0) is 20.0. The van der Waals surface area contributed by atoms with Gasteiger partial charge in [-0.15, -0.1) is 0 Å². The molecule has 0 radical (unpaired) electrons. The number of aryl methyl sites for hydroxylation is 2. The van der Waals surface area contributed by atoms with Gasteiger partial charge in [-0.25, -0.2) is 9.78 Å². The minimum atomic E-state index is -0.0863. The summed E-state index contributed by atoms with van der Waals surface area (Å²) in [5.74, 6) is 0. The number of hydrogen-bond acceptors (Lipinski definition) is 5. The molecule has 3 aromatic heterocycles. The van der Waals surface area contributed by atoms with Crippen molar-refractivity contribution in [3.63, 3.8) is 0 Å². The molecule has 0 bridgehead atoms. The first kappa shape index (κ1) is 17.3. The molecule has 4 aromatic rings. The Morgan fingerprint density at radius 3 is 2.66 bits per heavy atom. The summed E-state index contributed by atoms with van der Waals surface area (Å²) in [4.78, 5) is 27.7. The van der Waals surface area contributed by atoms with Crippen LogP contribution in [0.1, 0.15) is 5.69 Å². The number of carbonyl (C=O) groups is 1. The lowest BCUT2D eigenvalue weighted by molar-refractivity contribution is 0.252. The van der Waals surface area contributed by atoms with Gasteiger partial charge in [-0.2, -0.15) is 5.10 Å². The zero-order valence-electron chi connectivity index (χ0n) is 16.1. The number of urea groups is 1. The summed E-state index contributed by atoms with van der Waals surface area (Å²) in [5.41, 5.74) is 5.88. The molecule has 1 N–H and O–H groups in total. The van der Waals surface area contributed by atoms with Crippen LogP contribution in [-0.2, 0) is 7.05 Å². The summed E-state index contributed by atoms with van der Waals surface area (Å²) < 4.78 is 1.79. The van der Waals surface area contributed by atoms with E-state index in [1.165, 1.54) is 0 Å². The predicted octanol–water partition coefficient (Wildman–Crippen LogP) is 2.93. The van der Waals surface area contributed by atoms with E-state index < -0.39 is 0 Å². The second-order valence-electron chi connectivity index (χ2n) is 7.02. The van der Waals surface area contributed by atoms with Crippen LogP contribution in [0.5, 0.6) is 0 Å². The highest BCUT2D eigenvalue weighted by molar-refractivity contribution is 6.00. The molecule has 2 amide bonds. The number of pyridine rings is 1. The van der Waals surface area contributed by atoms with Crippen LogP contribution in [-0.4, -0.2) is 43.9 Å². The molecule has 0 saturated carbocycles. The van der Waals surface area contributed by atoms with Gasteiger partial charge in [0.05, 0.1) is 34.5 Å². The van der Waals surface area contributed by atoms with Gasteiger partial charge >= 0.3 is 6.03 Å². The van der Waals surface area contributed by atoms with E-state index in [2.05, 4.69) is 20.4 Å². The molecule has 8 heteroatoms. The minimum absolute atomic E-state index is 0.0863. The molecule has 0 unspecified atom stereocenters. The Hall–Kier alpha value is -3.81. The van der Waals surface area contributed by atoms with E-state index in [1.54, 1.807) is 28.2 Å². The average molecular weight is 385 g/mol. The molecule has 0 atom stereocenters. The van der Waals surface area contributed by atoms with Gasteiger partial charge in [-0.05, 0) is 31.2 Å². The second kappa shape index (κ2) is 6.66. The van der Waals surface area contributed by atoms with Gasteiger partial charge in [0.2, 0.25) is 0 Å². The standard InChI is InChI=1S/C21H19N7O/c1-13-11-24-19(12-23-13)16-10-18(20-5-6-25-27(20)2)26-17-9-14(3-4-15(16)17)28-8-7-22-21(28)29/h3-6,9-12H,7-8H2,1-2H3,(H,22,29). The van der Waals surface area contributed by atoms with Gasteiger partial charge in [0.25, 0.3) is 0 Å². The maximum absolute atomic E-state index is 12.1. The number of nitrogens with one attached hydrogen (secondary N) is 1. The number of fused-ring (bicyclic) bond motifs is 1. The molecular formula is C21H19N7O. The van der Waals surface area contributed by atoms with Crippen LogP contribution in [0.3, 0.4) is 0 Å². The molecule has 144 valence electrons. The quantitative estimate of drug-likeness (QED) is 0.586. The van der Waals surface area contributed by atoms with Crippen molar-refractivity contribution in [1.29, 1.82) is 0 Å². The summed E-state index contributed by atoms with van der Waals surface area (Å²) in [6.45, 7) is 3.20. The van der Waals surface area contributed by atoms with Crippen molar-refractivity contribution in [3.8, 4) is 22.6 Å². The Balaban J connectivity index is 1.74. The van der Waals surface area contributed by atoms with E-state index in [0.717, 1.165) is 44.9 Å². The van der Waals surface area contributed by atoms with E-state index in [4.69, 9.17) is 4.98 Å². The van der Waals surface area contributed by atoms with Crippen LogP contribution in [0.15, 0.2) is 48.9 Å². The number of aromatic nitrogens is 5. The SMILES string of the molecule is Cc1cnc(-c2cc(-c3ccnn3C)nc3cc(N4CCNC4=O)ccc23)cn1. The van der Waals surface area contributed by atoms with E-state index >= 15 is 0 Å². The van der Waals surface area contributed by atoms with Gasteiger partial charge < -0.3 is 5.32 Å². The number of hydrogen-bond donors (Lipinski definition) is 1. The zero-order valence-corrected chi connectivity index (χ0v) is 16.1. The van der Waals surface area contributed by atoms with Gasteiger partial charge in [-0.1, -0.05) is 6.07 Å². The first-order valence-electron chi connectivity index (χ1n) is 9.38. The van der Waals surface area contributed by atoms with Gasteiger partial charge in [-0.3, -0.25) is 19.5 Å². The minimum Gasteiger partial charge on any atom is -0.336 e. The molecule has 0 spiro atoms. The summed E-state index contributed by atoms with van der Waals surface area (Å²) in [6.07, 6.45) is 5.28. The number of rotatable bonds is 3. The molecule has 8 nitrogen and oxygen atoms in total. The Morgan fingerprint density at radius 2 is 1.97 bits per heavy atom. The molecule has 1 aliphatic heterocycles. The third kappa shape index (κ3) is 2.98. The van der Waals surface area contributed by atoms with Crippen LogP contribution < -0.4 is 10.2 Å². The Bertz CT molecular complexity index is 1230. The molecule has 1 aliphatic rings. The van der Waals surface area contributed by atoms with Crippen LogP contribution >= 0.6 is 0 Å². The lowest BCUT2D eigenvalue weighted by Crippen LogP contribution is -2.27. The summed E-state index contributed by atoms with van der Waals surface area (Å²) in [6, 6.07) is 9.75. The van der Waals surface area contributed by atoms with Crippen LogP contribution in [0.2, 0.25) is 0 Å². The Labute approximate surface area is 167 Å². The van der Waals surface area contributed by atoms with E-state index in [-0.39, 0.29) is 6.03 Å². The number of anilines is 1. The maximum Gasteiger partial charge on any atom is 0.321 e. The number of carbonyl (C=O) groups excluding carboxylic acids is 1. The van der Waals surface area contributed by atoms with Crippen molar-refractivity contribution in [3.05, 3.63) is 54.6 Å². The fourth-order valence-corrected chi connectivity index (χ4v) is 3.60. The molecule has 4 heterocycles. The second-order valence-corrected chi connectivity index (χ2v) is 7.02. The van der Waals surface area contributed by atoms with Crippen molar-refractivity contribution in [2.75, 3.05) is 18.0 Å². The highest BCUT2D eigenvalue weighted by atomic mass is 16.2. The summed E-state index contributed by atoms with van der Waals surface area (Å²) in [5, 5.41) is 8.06. The van der Waals surface area contributed by atoms with Crippen LogP contribution in [0, 0.1) is 6.92 Å². The topological polar surface area (TPSA) is 88.8 Å². The first-order valence-corrected chi connectivity index (χ1v) is 9.38. The molecular weight excluding hydrogens is 366 g/mol. The number of amides is 2. The van der Waals surface area contributed by atoms with Crippen molar-refractivity contribution >= 4 is 22.6 Å². The van der Waals surface area contributed by atoms with Crippen LogP contribution in [0.25, 0.3) is 33.5 Å². The molecule has 1 aromatic carbocycles. The largest absolute Gasteiger partial charge is 0.336 e. The molecule has 0 aliphatic carbocycles. The Morgan fingerprint density at radius 1 is 1.07 bits per heavy atom. The number of nitrogens with zero attached hydrogens (tertiary/aromatic N) is 6. The molecule has 29 heavy (non-hydrogen) atoms. The summed E-state index contributed by atoms with van der Waals surface area (Å²) in [7, 11) is 1.89. The molecule has 1 saturated heterocycles. The van der Waals surface area contributed by atoms with Crippen molar-refractivity contribution in [2.24, 2.45) is 7.05 Å². The average Bonchev–Trinajstić information content (AvgIpc) is 3.35. The monoisotopic (exact) mass is 385 g/mol. The van der Waals surface area contributed by atoms with Gasteiger partial charge in [0, 0.05) is 49.2 Å². The maximum atomic E-state index is 12.1. The smallest absolute Gasteiger partial charge is 0.321 e. The normalized spacial score (nSPS) is 13.9.